The number of hydrogen-bond donors (Lipinski definition) is 2. The van der Waals surface area contributed by atoms with Crippen molar-refractivity contribution in [1.82, 2.24) is 10.6 Å². The molecule has 5 nitrogen and oxygen atoms in total. The van der Waals surface area contributed by atoms with Crippen molar-refractivity contribution in [2.75, 3.05) is 18.1 Å². The van der Waals surface area contributed by atoms with Crippen molar-refractivity contribution >= 4 is 15.9 Å². The molecular weight excluding hydrogens is 264 g/mol. The van der Waals surface area contributed by atoms with E-state index in [4.69, 9.17) is 0 Å². The number of benzene rings is 1. The van der Waals surface area contributed by atoms with Gasteiger partial charge in [-0.1, -0.05) is 30.3 Å². The first kappa shape index (κ1) is 13.9. The molecule has 2 amide bonds. The van der Waals surface area contributed by atoms with E-state index < -0.39 is 9.84 Å². The van der Waals surface area contributed by atoms with Crippen LogP contribution in [-0.2, 0) is 16.4 Å². The largest absolute Gasteiger partial charge is 0.338 e. The Hall–Kier alpha value is -1.56. The van der Waals surface area contributed by atoms with Crippen LogP contribution in [0.5, 0.6) is 0 Å². The first-order chi connectivity index (χ1) is 9.05. The summed E-state index contributed by atoms with van der Waals surface area (Å²) in [5.74, 6) is 0.476. The van der Waals surface area contributed by atoms with Crippen molar-refractivity contribution in [3.8, 4) is 0 Å². The summed E-state index contributed by atoms with van der Waals surface area (Å²) in [4.78, 5) is 11.6. The van der Waals surface area contributed by atoms with E-state index in [0.29, 0.717) is 19.5 Å². The molecule has 0 saturated carbocycles. The van der Waals surface area contributed by atoms with Gasteiger partial charge in [0.2, 0.25) is 0 Å². The van der Waals surface area contributed by atoms with E-state index in [1.54, 1.807) is 0 Å². The maximum absolute atomic E-state index is 11.6. The average Bonchev–Trinajstić information content (AvgIpc) is 2.75. The topological polar surface area (TPSA) is 75.3 Å². The highest BCUT2D eigenvalue weighted by Crippen LogP contribution is 2.17. The molecule has 0 spiro atoms. The summed E-state index contributed by atoms with van der Waals surface area (Å²) in [5, 5.41) is 5.46. The van der Waals surface area contributed by atoms with Gasteiger partial charge >= 0.3 is 6.03 Å². The molecule has 2 N–H and O–H groups in total. The molecule has 1 heterocycles. The zero-order valence-corrected chi connectivity index (χ0v) is 11.4. The lowest BCUT2D eigenvalue weighted by molar-refractivity contribution is 0.239. The van der Waals surface area contributed by atoms with Crippen LogP contribution < -0.4 is 10.6 Å². The van der Waals surface area contributed by atoms with Crippen molar-refractivity contribution in [3.05, 3.63) is 35.9 Å². The summed E-state index contributed by atoms with van der Waals surface area (Å²) in [6, 6.07) is 9.36. The second-order valence-electron chi connectivity index (χ2n) is 4.82. The van der Waals surface area contributed by atoms with Gasteiger partial charge in [0.1, 0.15) is 0 Å². The molecule has 1 fully saturated rings. The van der Waals surface area contributed by atoms with Gasteiger partial charge < -0.3 is 10.6 Å². The molecule has 0 bridgehead atoms. The van der Waals surface area contributed by atoms with Gasteiger partial charge in [0.15, 0.2) is 9.84 Å². The third-order valence-corrected chi connectivity index (χ3v) is 5.01. The molecule has 6 heteroatoms. The van der Waals surface area contributed by atoms with E-state index in [0.717, 1.165) is 5.56 Å². The minimum atomic E-state index is -2.87. The van der Waals surface area contributed by atoms with Gasteiger partial charge in [0.25, 0.3) is 0 Å². The van der Waals surface area contributed by atoms with Crippen LogP contribution >= 0.6 is 0 Å². The third kappa shape index (κ3) is 4.55. The van der Waals surface area contributed by atoms with E-state index >= 15 is 0 Å². The maximum Gasteiger partial charge on any atom is 0.315 e. The molecule has 2 rings (SSSR count). The summed E-state index contributed by atoms with van der Waals surface area (Å²) < 4.78 is 22.5. The number of rotatable bonds is 4. The third-order valence-electron chi connectivity index (χ3n) is 3.17. The monoisotopic (exact) mass is 282 g/mol. The summed E-state index contributed by atoms with van der Waals surface area (Å²) >= 11 is 0. The standard InChI is InChI=1S/C13H18N2O3S/c16-13(14-8-11-4-2-1-3-5-11)15-9-12-6-7-19(17,18)10-12/h1-5,12H,6-10H2,(H2,14,15,16)/t12-/m1/s1. The van der Waals surface area contributed by atoms with Crippen LogP contribution in [0.4, 0.5) is 4.79 Å². The zero-order valence-electron chi connectivity index (χ0n) is 10.6. The molecule has 0 aliphatic carbocycles. The minimum Gasteiger partial charge on any atom is -0.338 e. The van der Waals surface area contributed by atoms with Crippen molar-refractivity contribution in [2.45, 2.75) is 13.0 Å². The number of urea groups is 1. The smallest absolute Gasteiger partial charge is 0.315 e. The lowest BCUT2D eigenvalue weighted by Crippen LogP contribution is -2.38. The molecule has 1 atom stereocenters. The van der Waals surface area contributed by atoms with Gasteiger partial charge in [-0.3, -0.25) is 0 Å². The Bertz CT molecular complexity index is 528. The zero-order chi connectivity index (χ0) is 13.7. The van der Waals surface area contributed by atoms with Gasteiger partial charge in [0.05, 0.1) is 11.5 Å². The molecule has 1 aliphatic heterocycles. The highest BCUT2D eigenvalue weighted by molar-refractivity contribution is 7.91. The highest BCUT2D eigenvalue weighted by Gasteiger charge is 2.27. The van der Waals surface area contributed by atoms with E-state index in [1.807, 2.05) is 30.3 Å². The van der Waals surface area contributed by atoms with Gasteiger partial charge in [-0.2, -0.15) is 0 Å². The van der Waals surface area contributed by atoms with E-state index in [-0.39, 0.29) is 23.5 Å². The molecule has 1 aliphatic rings. The first-order valence-electron chi connectivity index (χ1n) is 6.31. The fourth-order valence-electron chi connectivity index (χ4n) is 2.11. The second-order valence-corrected chi connectivity index (χ2v) is 7.05. The average molecular weight is 282 g/mol. The van der Waals surface area contributed by atoms with Crippen LogP contribution in [0.1, 0.15) is 12.0 Å². The SMILES string of the molecule is O=C(NCc1ccccc1)NC[C@H]1CCS(=O)(=O)C1. The first-order valence-corrected chi connectivity index (χ1v) is 8.13. The molecule has 0 aromatic heterocycles. The van der Waals surface area contributed by atoms with Crippen LogP contribution in [0.2, 0.25) is 0 Å². The second kappa shape index (κ2) is 6.06. The Labute approximate surface area is 113 Å². The molecule has 104 valence electrons. The number of hydrogen-bond acceptors (Lipinski definition) is 3. The van der Waals surface area contributed by atoms with E-state index in [2.05, 4.69) is 10.6 Å². The quantitative estimate of drug-likeness (QED) is 0.862. The summed E-state index contributed by atoms with van der Waals surface area (Å²) in [6.45, 7) is 0.884. The number of carbonyl (C=O) groups is 1. The fraction of sp³-hybridized carbons (Fsp3) is 0.462. The fourth-order valence-corrected chi connectivity index (χ4v) is 3.97. The van der Waals surface area contributed by atoms with E-state index in [9.17, 15) is 13.2 Å². The van der Waals surface area contributed by atoms with Crippen LogP contribution in [0, 0.1) is 5.92 Å². The van der Waals surface area contributed by atoms with Crippen LogP contribution in [0.25, 0.3) is 0 Å². The van der Waals surface area contributed by atoms with Crippen molar-refractivity contribution in [2.24, 2.45) is 5.92 Å². The predicted octanol–water partition coefficient (Wildman–Crippen LogP) is 0.921. The van der Waals surface area contributed by atoms with Gasteiger partial charge in [-0.25, -0.2) is 13.2 Å². The van der Waals surface area contributed by atoms with Crippen molar-refractivity contribution < 1.29 is 13.2 Å². The predicted molar refractivity (Wildman–Crippen MR) is 73.4 cm³/mol. The maximum atomic E-state index is 11.6. The lowest BCUT2D eigenvalue weighted by atomic mass is 10.1. The molecule has 1 saturated heterocycles. The number of amides is 2. The molecule has 19 heavy (non-hydrogen) atoms. The molecule has 0 radical (unpaired) electrons. The lowest BCUT2D eigenvalue weighted by Gasteiger charge is -2.10. The van der Waals surface area contributed by atoms with Crippen molar-refractivity contribution in [1.29, 1.82) is 0 Å². The van der Waals surface area contributed by atoms with Crippen LogP contribution in [0.3, 0.4) is 0 Å². The number of carbonyl (C=O) groups excluding carboxylic acids is 1. The Morgan fingerprint density at radius 3 is 2.58 bits per heavy atom. The Balaban J connectivity index is 1.68. The number of nitrogens with one attached hydrogen (secondary N) is 2. The summed E-state index contributed by atoms with van der Waals surface area (Å²) in [6.07, 6.45) is 0.640. The van der Waals surface area contributed by atoms with E-state index in [1.165, 1.54) is 0 Å². The molecule has 1 aromatic rings. The van der Waals surface area contributed by atoms with Crippen LogP contribution in [-0.4, -0.2) is 32.5 Å². The van der Waals surface area contributed by atoms with Gasteiger partial charge in [-0.15, -0.1) is 0 Å². The molecule has 1 aromatic carbocycles. The summed E-state index contributed by atoms with van der Waals surface area (Å²) in [7, 11) is -2.87. The highest BCUT2D eigenvalue weighted by atomic mass is 32.2. The van der Waals surface area contributed by atoms with Gasteiger partial charge in [-0.05, 0) is 17.9 Å². The van der Waals surface area contributed by atoms with Crippen LogP contribution in [0.15, 0.2) is 30.3 Å². The van der Waals surface area contributed by atoms with Gasteiger partial charge in [0, 0.05) is 13.1 Å². The summed E-state index contributed by atoms with van der Waals surface area (Å²) in [5.41, 5.74) is 1.03. The van der Waals surface area contributed by atoms with Crippen molar-refractivity contribution in [3.63, 3.8) is 0 Å². The number of sulfone groups is 1. The Kier molecular flexibility index (Phi) is 4.42. The molecular formula is C13H18N2O3S. The minimum absolute atomic E-state index is 0.0486. The molecule has 0 unspecified atom stereocenters. The Morgan fingerprint density at radius 2 is 1.95 bits per heavy atom. The Morgan fingerprint density at radius 1 is 1.21 bits per heavy atom. The normalized spacial score (nSPS) is 20.9.